The maximum Gasteiger partial charge on any atom is 0.240 e. The molecule has 0 bridgehead atoms. The molecule has 0 saturated carbocycles. The maximum absolute atomic E-state index is 12.0. The molecule has 0 radical (unpaired) electrons. The van der Waals surface area contributed by atoms with Crippen LogP contribution in [-0.2, 0) is 11.3 Å². The first-order valence-corrected chi connectivity index (χ1v) is 6.40. The Labute approximate surface area is 112 Å². The highest BCUT2D eigenvalue weighted by Crippen LogP contribution is 2.09. The molecule has 102 valence electrons. The molecule has 1 unspecified atom stereocenters. The molecule has 0 spiro atoms. The van der Waals surface area contributed by atoms with Crippen molar-refractivity contribution in [2.24, 2.45) is 5.73 Å². The minimum absolute atomic E-state index is 0.165. The number of carbonyl (C=O) groups is 1. The predicted octanol–water partition coefficient (Wildman–Crippen LogP) is 0.863. The molecule has 0 saturated heterocycles. The van der Waals surface area contributed by atoms with Crippen LogP contribution < -0.4 is 11.1 Å². The average Bonchev–Trinajstić information content (AvgIpc) is 2.79. The zero-order valence-corrected chi connectivity index (χ0v) is 11.3. The minimum atomic E-state index is -0.838. The van der Waals surface area contributed by atoms with E-state index in [1.165, 1.54) is 0 Å². The number of carbonyl (C=O) groups excluding carboxylic acids is 1. The van der Waals surface area contributed by atoms with Gasteiger partial charge < -0.3 is 11.1 Å². The van der Waals surface area contributed by atoms with Gasteiger partial charge in [-0.2, -0.15) is 0 Å². The summed E-state index contributed by atoms with van der Waals surface area (Å²) in [7, 11) is 0. The summed E-state index contributed by atoms with van der Waals surface area (Å²) in [5, 5.41) is 10.9. The van der Waals surface area contributed by atoms with E-state index in [0.717, 1.165) is 12.1 Å². The number of nitrogens with zero attached hydrogens (tertiary/aromatic N) is 3. The summed E-state index contributed by atoms with van der Waals surface area (Å²) in [5.41, 5.74) is 5.89. The lowest BCUT2D eigenvalue weighted by Crippen LogP contribution is -2.51. The lowest BCUT2D eigenvalue weighted by molar-refractivity contribution is -0.126. The SMILES string of the molecule is CCCC(C)(N)C(=O)NCc1nnc2ccccn12. The van der Waals surface area contributed by atoms with E-state index >= 15 is 0 Å². The highest BCUT2D eigenvalue weighted by molar-refractivity contribution is 5.85. The molecule has 2 rings (SSSR count). The Kier molecular flexibility index (Phi) is 3.80. The van der Waals surface area contributed by atoms with Gasteiger partial charge in [0.1, 0.15) is 0 Å². The van der Waals surface area contributed by atoms with E-state index in [1.807, 2.05) is 35.7 Å². The standard InChI is InChI=1S/C13H19N5O/c1-3-7-13(2,14)12(19)15-9-11-17-16-10-6-4-5-8-18(10)11/h4-6,8H,3,7,9,14H2,1-2H3,(H,15,19). The molecule has 2 aromatic rings. The molecular formula is C13H19N5O. The Morgan fingerprint density at radius 1 is 1.47 bits per heavy atom. The quantitative estimate of drug-likeness (QED) is 0.836. The molecule has 0 aromatic carbocycles. The zero-order valence-electron chi connectivity index (χ0n) is 11.3. The molecule has 2 aromatic heterocycles. The average molecular weight is 261 g/mol. The number of pyridine rings is 1. The summed E-state index contributed by atoms with van der Waals surface area (Å²) in [6.45, 7) is 4.07. The number of nitrogens with one attached hydrogen (secondary N) is 1. The van der Waals surface area contributed by atoms with Crippen molar-refractivity contribution in [1.29, 1.82) is 0 Å². The predicted molar refractivity (Wildman–Crippen MR) is 72.3 cm³/mol. The third-order valence-corrected chi connectivity index (χ3v) is 3.08. The summed E-state index contributed by atoms with van der Waals surface area (Å²) in [6.07, 6.45) is 3.39. The van der Waals surface area contributed by atoms with E-state index in [1.54, 1.807) is 6.92 Å². The fourth-order valence-electron chi connectivity index (χ4n) is 2.01. The maximum atomic E-state index is 12.0. The Morgan fingerprint density at radius 2 is 2.26 bits per heavy atom. The highest BCUT2D eigenvalue weighted by Gasteiger charge is 2.27. The molecule has 2 heterocycles. The Balaban J connectivity index is 2.05. The molecule has 0 aliphatic rings. The second-order valence-corrected chi connectivity index (χ2v) is 4.90. The van der Waals surface area contributed by atoms with Crippen LogP contribution >= 0.6 is 0 Å². The number of fused-ring (bicyclic) bond motifs is 1. The summed E-state index contributed by atoms with van der Waals surface area (Å²) < 4.78 is 1.84. The van der Waals surface area contributed by atoms with Gasteiger partial charge in [0.2, 0.25) is 5.91 Å². The first-order valence-electron chi connectivity index (χ1n) is 6.40. The molecule has 3 N–H and O–H groups in total. The molecule has 19 heavy (non-hydrogen) atoms. The van der Waals surface area contributed by atoms with Crippen LogP contribution in [0.15, 0.2) is 24.4 Å². The number of amides is 1. The molecule has 0 fully saturated rings. The Hall–Kier alpha value is -1.95. The van der Waals surface area contributed by atoms with Crippen molar-refractivity contribution in [2.45, 2.75) is 38.8 Å². The van der Waals surface area contributed by atoms with Gasteiger partial charge in [0.15, 0.2) is 11.5 Å². The van der Waals surface area contributed by atoms with Crippen LogP contribution in [0.2, 0.25) is 0 Å². The van der Waals surface area contributed by atoms with Crippen LogP contribution in [-0.4, -0.2) is 26.0 Å². The van der Waals surface area contributed by atoms with Crippen LogP contribution in [0.25, 0.3) is 5.65 Å². The van der Waals surface area contributed by atoms with Gasteiger partial charge in [-0.1, -0.05) is 19.4 Å². The van der Waals surface area contributed by atoms with Gasteiger partial charge in [-0.25, -0.2) is 0 Å². The zero-order chi connectivity index (χ0) is 13.9. The second kappa shape index (κ2) is 5.36. The molecule has 1 amide bonds. The fourth-order valence-corrected chi connectivity index (χ4v) is 2.01. The van der Waals surface area contributed by atoms with E-state index in [4.69, 9.17) is 5.73 Å². The van der Waals surface area contributed by atoms with Gasteiger partial charge in [0.05, 0.1) is 12.1 Å². The van der Waals surface area contributed by atoms with Crippen molar-refractivity contribution < 1.29 is 4.79 Å². The van der Waals surface area contributed by atoms with Gasteiger partial charge in [-0.05, 0) is 25.5 Å². The van der Waals surface area contributed by atoms with Crippen LogP contribution in [0.3, 0.4) is 0 Å². The van der Waals surface area contributed by atoms with Gasteiger partial charge in [0, 0.05) is 6.20 Å². The number of nitrogens with two attached hydrogens (primary N) is 1. The number of rotatable bonds is 5. The van der Waals surface area contributed by atoms with Gasteiger partial charge in [-0.15, -0.1) is 10.2 Å². The van der Waals surface area contributed by atoms with E-state index in [-0.39, 0.29) is 5.91 Å². The third kappa shape index (κ3) is 2.90. The summed E-state index contributed by atoms with van der Waals surface area (Å²) >= 11 is 0. The number of hydrogen-bond acceptors (Lipinski definition) is 4. The summed E-state index contributed by atoms with van der Waals surface area (Å²) in [4.78, 5) is 12.0. The summed E-state index contributed by atoms with van der Waals surface area (Å²) in [6, 6.07) is 5.65. The van der Waals surface area contributed by atoms with Crippen LogP contribution in [0.4, 0.5) is 0 Å². The van der Waals surface area contributed by atoms with Crippen LogP contribution in [0, 0.1) is 0 Å². The van der Waals surface area contributed by atoms with E-state index in [0.29, 0.717) is 18.8 Å². The summed E-state index contributed by atoms with van der Waals surface area (Å²) in [5.74, 6) is 0.526. The van der Waals surface area contributed by atoms with Crippen molar-refractivity contribution in [3.05, 3.63) is 30.2 Å². The number of aromatic nitrogens is 3. The van der Waals surface area contributed by atoms with Gasteiger partial charge in [-0.3, -0.25) is 9.20 Å². The highest BCUT2D eigenvalue weighted by atomic mass is 16.2. The monoisotopic (exact) mass is 261 g/mol. The Morgan fingerprint density at radius 3 is 3.00 bits per heavy atom. The van der Waals surface area contributed by atoms with Gasteiger partial charge in [0.25, 0.3) is 0 Å². The fraction of sp³-hybridized carbons (Fsp3) is 0.462. The smallest absolute Gasteiger partial charge is 0.240 e. The molecule has 0 aliphatic heterocycles. The van der Waals surface area contributed by atoms with E-state index in [2.05, 4.69) is 15.5 Å². The topological polar surface area (TPSA) is 85.3 Å². The molecule has 1 atom stereocenters. The Bertz CT molecular complexity index is 575. The molecule has 6 heteroatoms. The normalized spacial score (nSPS) is 14.3. The number of hydrogen-bond donors (Lipinski definition) is 2. The van der Waals surface area contributed by atoms with Crippen LogP contribution in [0.5, 0.6) is 0 Å². The van der Waals surface area contributed by atoms with Crippen molar-refractivity contribution in [3.63, 3.8) is 0 Å². The molecule has 6 nitrogen and oxygen atoms in total. The first kappa shape index (κ1) is 13.5. The van der Waals surface area contributed by atoms with Crippen molar-refractivity contribution in [1.82, 2.24) is 19.9 Å². The first-order chi connectivity index (χ1) is 9.04. The molecular weight excluding hydrogens is 242 g/mol. The van der Waals surface area contributed by atoms with Crippen LogP contribution in [0.1, 0.15) is 32.5 Å². The van der Waals surface area contributed by atoms with Crippen molar-refractivity contribution in [2.75, 3.05) is 0 Å². The van der Waals surface area contributed by atoms with Crippen molar-refractivity contribution in [3.8, 4) is 0 Å². The largest absolute Gasteiger partial charge is 0.347 e. The van der Waals surface area contributed by atoms with Crippen molar-refractivity contribution >= 4 is 11.6 Å². The van der Waals surface area contributed by atoms with E-state index in [9.17, 15) is 4.79 Å². The third-order valence-electron chi connectivity index (χ3n) is 3.08. The minimum Gasteiger partial charge on any atom is -0.347 e. The molecule has 0 aliphatic carbocycles. The second-order valence-electron chi connectivity index (χ2n) is 4.90. The lowest BCUT2D eigenvalue weighted by atomic mass is 9.97. The van der Waals surface area contributed by atoms with E-state index < -0.39 is 5.54 Å². The lowest BCUT2D eigenvalue weighted by Gasteiger charge is -2.22. The van der Waals surface area contributed by atoms with Gasteiger partial charge >= 0.3 is 0 Å².